The van der Waals surface area contributed by atoms with Crippen molar-refractivity contribution in [3.8, 4) is 0 Å². The Morgan fingerprint density at radius 3 is 2.59 bits per heavy atom. The van der Waals surface area contributed by atoms with Gasteiger partial charge in [0, 0.05) is 18.3 Å². The molecule has 0 saturated heterocycles. The highest BCUT2D eigenvalue weighted by molar-refractivity contribution is 7.09. The number of likely N-dealkylation sites (N-methyl/N-ethyl adjacent to an activating group) is 1. The maximum absolute atomic E-state index is 5.73. The number of nitrogens with zero attached hydrogens (tertiary/aromatic N) is 3. The van der Waals surface area contributed by atoms with Gasteiger partial charge in [-0.3, -0.25) is 0 Å². The second-order valence-corrected chi connectivity index (χ2v) is 5.79. The number of hydrogen-bond donors (Lipinski definition) is 0. The standard InChI is InChI=1S/C12H22ClN3S/c1-15(2)6-4-7-16(3)8-5-12-14-11(9-13)10-17-12/h10H,4-9H2,1-3H3. The summed E-state index contributed by atoms with van der Waals surface area (Å²) in [6, 6.07) is 0. The lowest BCUT2D eigenvalue weighted by Gasteiger charge is -2.17. The lowest BCUT2D eigenvalue weighted by molar-refractivity contribution is 0.303. The van der Waals surface area contributed by atoms with Crippen molar-refractivity contribution in [3.05, 3.63) is 16.1 Å². The molecule has 1 rings (SSSR count). The topological polar surface area (TPSA) is 19.4 Å². The Labute approximate surface area is 113 Å². The van der Waals surface area contributed by atoms with Crippen molar-refractivity contribution in [3.63, 3.8) is 0 Å². The molecule has 0 atom stereocenters. The highest BCUT2D eigenvalue weighted by Crippen LogP contribution is 2.12. The molecule has 17 heavy (non-hydrogen) atoms. The summed E-state index contributed by atoms with van der Waals surface area (Å²) in [6.07, 6.45) is 2.24. The molecular formula is C12H22ClN3S. The highest BCUT2D eigenvalue weighted by atomic mass is 35.5. The van der Waals surface area contributed by atoms with Gasteiger partial charge in [-0.25, -0.2) is 4.98 Å². The van der Waals surface area contributed by atoms with E-state index in [1.165, 1.54) is 11.4 Å². The quantitative estimate of drug-likeness (QED) is 0.679. The monoisotopic (exact) mass is 275 g/mol. The van der Waals surface area contributed by atoms with Crippen molar-refractivity contribution in [2.75, 3.05) is 40.8 Å². The van der Waals surface area contributed by atoms with E-state index in [1.54, 1.807) is 11.3 Å². The maximum Gasteiger partial charge on any atom is 0.0941 e. The fraction of sp³-hybridized carbons (Fsp3) is 0.750. The second-order valence-electron chi connectivity index (χ2n) is 4.58. The third kappa shape index (κ3) is 6.36. The summed E-state index contributed by atoms with van der Waals surface area (Å²) >= 11 is 7.44. The van der Waals surface area contributed by atoms with Crippen LogP contribution in [0.2, 0.25) is 0 Å². The SMILES string of the molecule is CN(C)CCCN(C)CCc1nc(CCl)cs1. The molecule has 0 aliphatic heterocycles. The third-order valence-electron chi connectivity index (χ3n) is 2.59. The molecule has 3 nitrogen and oxygen atoms in total. The number of aromatic nitrogens is 1. The summed E-state index contributed by atoms with van der Waals surface area (Å²) in [5, 5.41) is 3.24. The van der Waals surface area contributed by atoms with Gasteiger partial charge in [-0.05, 0) is 40.7 Å². The van der Waals surface area contributed by atoms with Crippen LogP contribution in [0, 0.1) is 0 Å². The van der Waals surface area contributed by atoms with Gasteiger partial charge in [0.05, 0.1) is 16.6 Å². The molecule has 0 bridgehead atoms. The largest absolute Gasteiger partial charge is 0.309 e. The first kappa shape index (κ1) is 14.9. The maximum atomic E-state index is 5.73. The molecule has 98 valence electrons. The van der Waals surface area contributed by atoms with Gasteiger partial charge in [0.25, 0.3) is 0 Å². The molecule has 1 heterocycles. The minimum absolute atomic E-state index is 0.523. The van der Waals surface area contributed by atoms with Crippen molar-refractivity contribution in [2.24, 2.45) is 0 Å². The van der Waals surface area contributed by atoms with Gasteiger partial charge in [0.1, 0.15) is 0 Å². The van der Waals surface area contributed by atoms with E-state index in [9.17, 15) is 0 Å². The fourth-order valence-corrected chi connectivity index (χ4v) is 2.60. The van der Waals surface area contributed by atoms with Gasteiger partial charge in [0.15, 0.2) is 0 Å². The molecule has 5 heteroatoms. The van der Waals surface area contributed by atoms with Crippen molar-refractivity contribution >= 4 is 22.9 Å². The van der Waals surface area contributed by atoms with E-state index < -0.39 is 0 Å². The smallest absolute Gasteiger partial charge is 0.0941 e. The second kappa shape index (κ2) is 8.03. The molecule has 1 aromatic rings. The average Bonchev–Trinajstić information content (AvgIpc) is 2.73. The molecule has 0 saturated carbocycles. The summed E-state index contributed by atoms with van der Waals surface area (Å²) in [5.41, 5.74) is 1.00. The van der Waals surface area contributed by atoms with Gasteiger partial charge in [0.2, 0.25) is 0 Å². The normalized spacial score (nSPS) is 11.6. The summed E-state index contributed by atoms with van der Waals surface area (Å²) in [6.45, 7) is 3.37. The molecule has 0 aliphatic carbocycles. The number of alkyl halides is 1. The van der Waals surface area contributed by atoms with Gasteiger partial charge < -0.3 is 9.80 Å². The zero-order valence-corrected chi connectivity index (χ0v) is 12.5. The lowest BCUT2D eigenvalue weighted by atomic mass is 10.3. The molecule has 0 radical (unpaired) electrons. The van der Waals surface area contributed by atoms with E-state index in [1.807, 2.05) is 5.38 Å². The summed E-state index contributed by atoms with van der Waals surface area (Å²) in [7, 11) is 6.40. The molecule has 0 aliphatic rings. The molecule has 0 fully saturated rings. The number of rotatable bonds is 8. The van der Waals surface area contributed by atoms with Crippen LogP contribution in [0.15, 0.2) is 5.38 Å². The molecule has 0 spiro atoms. The summed E-state index contributed by atoms with van der Waals surface area (Å²) in [5.74, 6) is 0.523. The Kier molecular flexibility index (Phi) is 7.04. The van der Waals surface area contributed by atoms with Crippen LogP contribution in [0.3, 0.4) is 0 Å². The average molecular weight is 276 g/mol. The Balaban J connectivity index is 2.16. The first-order valence-corrected chi connectivity index (χ1v) is 7.35. The van der Waals surface area contributed by atoms with Crippen molar-refractivity contribution in [2.45, 2.75) is 18.7 Å². The van der Waals surface area contributed by atoms with Gasteiger partial charge >= 0.3 is 0 Å². The Morgan fingerprint density at radius 2 is 2.00 bits per heavy atom. The zero-order chi connectivity index (χ0) is 12.7. The van der Waals surface area contributed by atoms with Crippen molar-refractivity contribution < 1.29 is 0 Å². The molecule has 0 N–H and O–H groups in total. The van der Waals surface area contributed by atoms with E-state index in [2.05, 4.69) is 35.9 Å². The van der Waals surface area contributed by atoms with Crippen LogP contribution in [0.1, 0.15) is 17.1 Å². The summed E-state index contributed by atoms with van der Waals surface area (Å²) in [4.78, 5) is 9.05. The van der Waals surface area contributed by atoms with Crippen LogP contribution in [-0.2, 0) is 12.3 Å². The Morgan fingerprint density at radius 1 is 1.24 bits per heavy atom. The van der Waals surface area contributed by atoms with Gasteiger partial charge in [-0.15, -0.1) is 22.9 Å². The van der Waals surface area contributed by atoms with E-state index in [0.717, 1.165) is 31.7 Å². The minimum atomic E-state index is 0.523. The molecule has 1 aromatic heterocycles. The Bertz CT molecular complexity index is 314. The van der Waals surface area contributed by atoms with E-state index >= 15 is 0 Å². The van der Waals surface area contributed by atoms with Crippen LogP contribution < -0.4 is 0 Å². The molecular weight excluding hydrogens is 254 g/mol. The molecule has 0 aromatic carbocycles. The van der Waals surface area contributed by atoms with E-state index in [-0.39, 0.29) is 0 Å². The predicted octanol–water partition coefficient (Wildman–Crippen LogP) is 2.31. The van der Waals surface area contributed by atoms with Crippen LogP contribution in [0.5, 0.6) is 0 Å². The first-order chi connectivity index (χ1) is 8.11. The predicted molar refractivity (Wildman–Crippen MR) is 76.0 cm³/mol. The van der Waals surface area contributed by atoms with Gasteiger partial charge in [-0.1, -0.05) is 0 Å². The van der Waals surface area contributed by atoms with Crippen molar-refractivity contribution in [1.29, 1.82) is 0 Å². The number of thiazole rings is 1. The van der Waals surface area contributed by atoms with Crippen LogP contribution >= 0.6 is 22.9 Å². The minimum Gasteiger partial charge on any atom is -0.309 e. The molecule has 0 unspecified atom stereocenters. The highest BCUT2D eigenvalue weighted by Gasteiger charge is 2.03. The van der Waals surface area contributed by atoms with Gasteiger partial charge in [-0.2, -0.15) is 0 Å². The van der Waals surface area contributed by atoms with E-state index in [0.29, 0.717) is 5.88 Å². The summed E-state index contributed by atoms with van der Waals surface area (Å²) < 4.78 is 0. The van der Waals surface area contributed by atoms with Crippen LogP contribution in [-0.4, -0.2) is 55.6 Å². The number of halogens is 1. The molecule has 0 amide bonds. The first-order valence-electron chi connectivity index (χ1n) is 5.94. The third-order valence-corrected chi connectivity index (χ3v) is 3.82. The van der Waals surface area contributed by atoms with E-state index in [4.69, 9.17) is 11.6 Å². The number of hydrogen-bond acceptors (Lipinski definition) is 4. The zero-order valence-electron chi connectivity index (χ0n) is 10.9. The Hall–Kier alpha value is -0.160. The van der Waals surface area contributed by atoms with Crippen molar-refractivity contribution in [1.82, 2.24) is 14.8 Å². The fourth-order valence-electron chi connectivity index (χ4n) is 1.58. The lowest BCUT2D eigenvalue weighted by Crippen LogP contribution is -2.25. The van der Waals surface area contributed by atoms with Crippen LogP contribution in [0.25, 0.3) is 0 Å². The van der Waals surface area contributed by atoms with Crippen LogP contribution in [0.4, 0.5) is 0 Å².